The molecule has 0 fully saturated rings. The predicted molar refractivity (Wildman–Crippen MR) is 45.1 cm³/mol. The van der Waals surface area contributed by atoms with E-state index in [0.717, 1.165) is 24.5 Å². The van der Waals surface area contributed by atoms with Crippen LogP contribution in [0.4, 0.5) is 0 Å². The van der Waals surface area contributed by atoms with Crippen molar-refractivity contribution in [1.29, 1.82) is 0 Å². The molecule has 0 amide bonds. The molecule has 0 spiro atoms. The third-order valence-corrected chi connectivity index (χ3v) is 1.19. The molecule has 0 heterocycles. The van der Waals surface area contributed by atoms with Gasteiger partial charge in [0.2, 0.25) is 0 Å². The van der Waals surface area contributed by atoms with E-state index in [1.165, 1.54) is 0 Å². The van der Waals surface area contributed by atoms with Gasteiger partial charge < -0.3 is 4.74 Å². The van der Waals surface area contributed by atoms with Crippen molar-refractivity contribution in [2.45, 2.75) is 27.2 Å². The van der Waals surface area contributed by atoms with Crippen LogP contribution in [0.25, 0.3) is 0 Å². The second-order valence-electron chi connectivity index (χ2n) is 3.19. The largest absolute Gasteiger partial charge is 0.377 e. The summed E-state index contributed by atoms with van der Waals surface area (Å²) in [6.45, 7) is 11.7. The second kappa shape index (κ2) is 5.48. The van der Waals surface area contributed by atoms with E-state index in [-0.39, 0.29) is 0 Å². The Bertz CT molecular complexity index is 94.9. The first-order valence-corrected chi connectivity index (χ1v) is 3.85. The fraction of sp³-hybridized carbons (Fsp3) is 0.778. The van der Waals surface area contributed by atoms with Crippen LogP contribution in [0.5, 0.6) is 0 Å². The predicted octanol–water partition coefficient (Wildman–Crippen LogP) is 2.63. The van der Waals surface area contributed by atoms with Gasteiger partial charge in [0.25, 0.3) is 0 Å². The Morgan fingerprint density at radius 2 is 2.10 bits per heavy atom. The van der Waals surface area contributed by atoms with Crippen LogP contribution >= 0.6 is 0 Å². The molecule has 1 nitrogen and oxygen atoms in total. The van der Waals surface area contributed by atoms with Crippen molar-refractivity contribution in [3.05, 3.63) is 12.2 Å². The Balaban J connectivity index is 2.98. The van der Waals surface area contributed by atoms with Gasteiger partial charge in [0.1, 0.15) is 0 Å². The van der Waals surface area contributed by atoms with E-state index in [0.29, 0.717) is 6.61 Å². The molecular weight excluding hydrogens is 124 g/mol. The van der Waals surface area contributed by atoms with Crippen LogP contribution in [0.15, 0.2) is 12.2 Å². The molecule has 0 unspecified atom stereocenters. The molecule has 0 saturated heterocycles. The zero-order valence-corrected chi connectivity index (χ0v) is 7.31. The lowest BCUT2D eigenvalue weighted by Crippen LogP contribution is -2.00. The first kappa shape index (κ1) is 9.70. The fourth-order valence-electron chi connectivity index (χ4n) is 0.565. The van der Waals surface area contributed by atoms with Gasteiger partial charge in [-0.25, -0.2) is 0 Å². The lowest BCUT2D eigenvalue weighted by Gasteiger charge is -2.05. The Hall–Kier alpha value is -0.300. The Morgan fingerprint density at radius 1 is 1.50 bits per heavy atom. The first-order valence-electron chi connectivity index (χ1n) is 3.85. The van der Waals surface area contributed by atoms with Gasteiger partial charge in [0.05, 0.1) is 6.61 Å². The molecule has 0 aromatic heterocycles. The van der Waals surface area contributed by atoms with Gasteiger partial charge >= 0.3 is 0 Å². The average molecular weight is 142 g/mol. The number of hydrogen-bond acceptors (Lipinski definition) is 1. The van der Waals surface area contributed by atoms with E-state index < -0.39 is 0 Å². The van der Waals surface area contributed by atoms with E-state index in [1.54, 1.807) is 0 Å². The summed E-state index contributed by atoms with van der Waals surface area (Å²) in [4.78, 5) is 0. The van der Waals surface area contributed by atoms with Gasteiger partial charge in [-0.05, 0) is 19.3 Å². The highest BCUT2D eigenvalue weighted by Gasteiger charge is 1.92. The Morgan fingerprint density at radius 3 is 2.50 bits per heavy atom. The molecular formula is C9H18O. The molecule has 0 aliphatic heterocycles. The second-order valence-corrected chi connectivity index (χ2v) is 3.19. The monoisotopic (exact) mass is 142 g/mol. The van der Waals surface area contributed by atoms with E-state index in [2.05, 4.69) is 20.4 Å². The molecule has 10 heavy (non-hydrogen) atoms. The SMILES string of the molecule is C=C(C)COCCC(C)C. The zero-order valence-electron chi connectivity index (χ0n) is 7.31. The Kier molecular flexibility index (Phi) is 5.32. The molecule has 0 aliphatic carbocycles. The minimum absolute atomic E-state index is 0.715. The molecule has 0 N–H and O–H groups in total. The van der Waals surface area contributed by atoms with Crippen LogP contribution in [0.1, 0.15) is 27.2 Å². The van der Waals surface area contributed by atoms with Crippen molar-refractivity contribution < 1.29 is 4.74 Å². The average Bonchev–Trinajstić information content (AvgIpc) is 1.79. The summed E-state index contributed by atoms with van der Waals surface area (Å²) in [7, 11) is 0. The quantitative estimate of drug-likeness (QED) is 0.423. The minimum atomic E-state index is 0.715. The maximum Gasteiger partial charge on any atom is 0.0671 e. The lowest BCUT2D eigenvalue weighted by atomic mass is 10.1. The number of hydrogen-bond donors (Lipinski definition) is 0. The van der Waals surface area contributed by atoms with Crippen molar-refractivity contribution in [2.24, 2.45) is 5.92 Å². The van der Waals surface area contributed by atoms with Crippen LogP contribution in [0.3, 0.4) is 0 Å². The molecule has 0 radical (unpaired) electrons. The van der Waals surface area contributed by atoms with E-state index in [9.17, 15) is 0 Å². The van der Waals surface area contributed by atoms with Gasteiger partial charge in [-0.15, -0.1) is 0 Å². The standard InChI is InChI=1S/C9H18O/c1-8(2)5-6-10-7-9(3)4/h8H,3,5-7H2,1-2,4H3. The maximum atomic E-state index is 5.31. The highest BCUT2D eigenvalue weighted by atomic mass is 16.5. The molecule has 1 heteroatoms. The molecule has 0 rings (SSSR count). The highest BCUT2D eigenvalue weighted by molar-refractivity contribution is 4.87. The van der Waals surface area contributed by atoms with Crippen molar-refractivity contribution in [3.63, 3.8) is 0 Å². The summed E-state index contributed by atoms with van der Waals surface area (Å²) in [6, 6.07) is 0. The molecule has 0 aromatic carbocycles. The van der Waals surface area contributed by atoms with E-state index in [1.807, 2.05) is 6.92 Å². The highest BCUT2D eigenvalue weighted by Crippen LogP contribution is 1.99. The molecule has 0 atom stereocenters. The molecule has 60 valence electrons. The van der Waals surface area contributed by atoms with Gasteiger partial charge in [-0.1, -0.05) is 26.0 Å². The summed E-state index contributed by atoms with van der Waals surface area (Å²) in [5.74, 6) is 0.741. The lowest BCUT2D eigenvalue weighted by molar-refractivity contribution is 0.144. The van der Waals surface area contributed by atoms with Crippen LogP contribution in [-0.2, 0) is 4.74 Å². The normalized spacial score (nSPS) is 10.4. The topological polar surface area (TPSA) is 9.23 Å². The number of rotatable bonds is 5. The van der Waals surface area contributed by atoms with Crippen LogP contribution in [-0.4, -0.2) is 13.2 Å². The summed E-state index contributed by atoms with van der Waals surface area (Å²) in [6.07, 6.45) is 1.15. The molecule has 0 aromatic rings. The number of ether oxygens (including phenoxy) is 1. The maximum absolute atomic E-state index is 5.31. The van der Waals surface area contributed by atoms with E-state index >= 15 is 0 Å². The van der Waals surface area contributed by atoms with Crippen molar-refractivity contribution in [3.8, 4) is 0 Å². The summed E-state index contributed by atoms with van der Waals surface area (Å²) in [5, 5.41) is 0. The van der Waals surface area contributed by atoms with Crippen LogP contribution < -0.4 is 0 Å². The Labute approximate surface area is 64.1 Å². The zero-order chi connectivity index (χ0) is 7.98. The molecule has 0 bridgehead atoms. The van der Waals surface area contributed by atoms with Gasteiger partial charge in [0.15, 0.2) is 0 Å². The third kappa shape index (κ3) is 7.70. The smallest absolute Gasteiger partial charge is 0.0671 e. The van der Waals surface area contributed by atoms with Crippen LogP contribution in [0, 0.1) is 5.92 Å². The fourth-order valence-corrected chi connectivity index (χ4v) is 0.565. The molecule has 0 saturated carbocycles. The van der Waals surface area contributed by atoms with Crippen molar-refractivity contribution in [2.75, 3.05) is 13.2 Å². The summed E-state index contributed by atoms with van der Waals surface area (Å²) < 4.78 is 5.31. The van der Waals surface area contributed by atoms with Crippen LogP contribution in [0.2, 0.25) is 0 Å². The third-order valence-electron chi connectivity index (χ3n) is 1.19. The van der Waals surface area contributed by atoms with Gasteiger partial charge in [-0.2, -0.15) is 0 Å². The van der Waals surface area contributed by atoms with Gasteiger partial charge in [0, 0.05) is 6.61 Å². The van der Waals surface area contributed by atoms with Crippen molar-refractivity contribution >= 4 is 0 Å². The minimum Gasteiger partial charge on any atom is -0.377 e. The van der Waals surface area contributed by atoms with Crippen molar-refractivity contribution in [1.82, 2.24) is 0 Å². The summed E-state index contributed by atoms with van der Waals surface area (Å²) >= 11 is 0. The molecule has 0 aliphatic rings. The van der Waals surface area contributed by atoms with E-state index in [4.69, 9.17) is 4.74 Å². The first-order chi connectivity index (χ1) is 4.63. The summed E-state index contributed by atoms with van der Waals surface area (Å²) in [5.41, 5.74) is 1.10. The van der Waals surface area contributed by atoms with Gasteiger partial charge in [-0.3, -0.25) is 0 Å².